The number of anilines is 1. The Morgan fingerprint density at radius 3 is 2.39 bits per heavy atom. The number of carbonyl (C=O) groups excluding carboxylic acids is 2. The zero-order valence-electron chi connectivity index (χ0n) is 12.3. The molecular weight excluding hydrogens is 319 g/mol. The van der Waals surface area contributed by atoms with Crippen molar-refractivity contribution in [1.29, 1.82) is 0 Å². The fourth-order valence-corrected chi connectivity index (χ4v) is 3.06. The van der Waals surface area contributed by atoms with Crippen LogP contribution in [0.1, 0.15) is 38.9 Å². The lowest BCUT2D eigenvalue weighted by Gasteiger charge is -2.25. The van der Waals surface area contributed by atoms with Crippen molar-refractivity contribution in [2.75, 3.05) is 18.4 Å². The van der Waals surface area contributed by atoms with Gasteiger partial charge in [-0.15, -0.1) is 10.2 Å². The smallest absolute Gasteiger partial charge is 0.286 e. The zero-order chi connectivity index (χ0) is 16.2. The summed E-state index contributed by atoms with van der Waals surface area (Å²) in [5.41, 5.74) is 0.454. The zero-order valence-corrected chi connectivity index (χ0v) is 13.1. The van der Waals surface area contributed by atoms with E-state index in [0.717, 1.165) is 43.7 Å². The van der Waals surface area contributed by atoms with E-state index >= 15 is 0 Å². The minimum Gasteiger partial charge on any atom is -0.337 e. The van der Waals surface area contributed by atoms with Crippen molar-refractivity contribution in [3.8, 4) is 0 Å². The first kappa shape index (κ1) is 15.5. The highest BCUT2D eigenvalue weighted by atomic mass is 32.1. The molecule has 1 aromatic heterocycles. The maximum absolute atomic E-state index is 12.8. The second kappa shape index (κ2) is 6.82. The van der Waals surface area contributed by atoms with E-state index in [4.69, 9.17) is 0 Å². The minimum absolute atomic E-state index is 0.106. The minimum atomic E-state index is -0.466. The summed E-state index contributed by atoms with van der Waals surface area (Å²) >= 11 is 0.966. The molecule has 2 aromatic rings. The number of likely N-dealkylation sites (tertiary alicyclic amines) is 1. The van der Waals surface area contributed by atoms with Crippen molar-refractivity contribution >= 4 is 28.8 Å². The van der Waals surface area contributed by atoms with E-state index in [1.807, 2.05) is 0 Å². The van der Waals surface area contributed by atoms with Gasteiger partial charge in [0, 0.05) is 18.8 Å². The van der Waals surface area contributed by atoms with Crippen molar-refractivity contribution < 1.29 is 14.0 Å². The van der Waals surface area contributed by atoms with Crippen molar-refractivity contribution in [2.45, 2.75) is 19.3 Å². The molecule has 0 radical (unpaired) electrons. The summed E-state index contributed by atoms with van der Waals surface area (Å²) in [4.78, 5) is 26.1. The number of benzene rings is 1. The molecular formula is C15H15FN4O2S. The first-order chi connectivity index (χ1) is 11.1. The van der Waals surface area contributed by atoms with E-state index < -0.39 is 5.91 Å². The lowest BCUT2D eigenvalue weighted by molar-refractivity contribution is 0.0723. The van der Waals surface area contributed by atoms with E-state index in [1.165, 1.54) is 24.3 Å². The molecule has 1 fully saturated rings. The SMILES string of the molecule is O=C(Nc1ccc(F)cc1)c1nnc(C(=O)N2CCCCC2)s1. The third-order valence-electron chi connectivity index (χ3n) is 3.55. The lowest BCUT2D eigenvalue weighted by Crippen LogP contribution is -2.35. The average Bonchev–Trinajstić information content (AvgIpc) is 3.07. The summed E-state index contributed by atoms with van der Waals surface area (Å²) in [5, 5.41) is 10.5. The molecule has 1 aliphatic heterocycles. The molecule has 3 rings (SSSR count). The number of rotatable bonds is 3. The third kappa shape index (κ3) is 3.70. The van der Waals surface area contributed by atoms with Crippen LogP contribution in [0.3, 0.4) is 0 Å². The quantitative estimate of drug-likeness (QED) is 0.936. The van der Waals surface area contributed by atoms with Crippen LogP contribution < -0.4 is 5.32 Å². The Balaban J connectivity index is 1.67. The van der Waals surface area contributed by atoms with Crippen LogP contribution in [0.25, 0.3) is 0 Å². The molecule has 0 aliphatic carbocycles. The van der Waals surface area contributed by atoms with Gasteiger partial charge in [-0.25, -0.2) is 4.39 Å². The lowest BCUT2D eigenvalue weighted by atomic mass is 10.1. The number of nitrogens with one attached hydrogen (secondary N) is 1. The van der Waals surface area contributed by atoms with E-state index in [1.54, 1.807) is 4.90 Å². The summed E-state index contributed by atoms with van der Waals surface area (Å²) in [6, 6.07) is 5.41. The Morgan fingerprint density at radius 1 is 1.04 bits per heavy atom. The van der Waals surface area contributed by atoms with Crippen molar-refractivity contribution in [2.24, 2.45) is 0 Å². The number of hydrogen-bond acceptors (Lipinski definition) is 5. The molecule has 0 saturated carbocycles. The van der Waals surface area contributed by atoms with Crippen LogP contribution in [0.5, 0.6) is 0 Å². The monoisotopic (exact) mass is 334 g/mol. The Bertz CT molecular complexity index is 711. The second-order valence-electron chi connectivity index (χ2n) is 5.23. The van der Waals surface area contributed by atoms with E-state index in [-0.39, 0.29) is 21.7 Å². The van der Waals surface area contributed by atoms with Crippen LogP contribution in [-0.2, 0) is 0 Å². The third-order valence-corrected chi connectivity index (χ3v) is 4.46. The van der Waals surface area contributed by atoms with Gasteiger partial charge in [0.05, 0.1) is 0 Å². The van der Waals surface area contributed by atoms with Gasteiger partial charge in [-0.3, -0.25) is 9.59 Å². The number of carbonyl (C=O) groups is 2. The van der Waals surface area contributed by atoms with Gasteiger partial charge in [-0.05, 0) is 43.5 Å². The van der Waals surface area contributed by atoms with Crippen molar-refractivity contribution in [3.63, 3.8) is 0 Å². The maximum Gasteiger partial charge on any atom is 0.286 e. The molecule has 120 valence electrons. The summed E-state index contributed by atoms with van der Waals surface area (Å²) in [5.74, 6) is -1.02. The molecule has 6 nitrogen and oxygen atoms in total. The summed E-state index contributed by atoms with van der Waals surface area (Å²) in [6.45, 7) is 1.44. The van der Waals surface area contributed by atoms with Crippen LogP contribution >= 0.6 is 11.3 Å². The molecule has 0 bridgehead atoms. The van der Waals surface area contributed by atoms with Gasteiger partial charge in [0.25, 0.3) is 11.8 Å². The summed E-state index contributed by atoms with van der Waals surface area (Å²) in [6.07, 6.45) is 3.11. The predicted molar refractivity (Wildman–Crippen MR) is 84.0 cm³/mol. The highest BCUT2D eigenvalue weighted by Crippen LogP contribution is 2.17. The Morgan fingerprint density at radius 2 is 1.70 bits per heavy atom. The standard InChI is InChI=1S/C15H15FN4O2S/c16-10-4-6-11(7-5-10)17-12(21)13-18-19-14(23-13)15(22)20-8-2-1-3-9-20/h4-7H,1-3,8-9H2,(H,17,21). The molecule has 1 aliphatic rings. The Kier molecular flexibility index (Phi) is 4.61. The summed E-state index contributed by atoms with van der Waals surface area (Å²) in [7, 11) is 0. The molecule has 1 N–H and O–H groups in total. The van der Waals surface area contributed by atoms with Gasteiger partial charge in [-0.1, -0.05) is 11.3 Å². The molecule has 0 unspecified atom stereocenters. The number of aromatic nitrogens is 2. The van der Waals surface area contributed by atoms with Crippen LogP contribution in [0.2, 0.25) is 0 Å². The molecule has 23 heavy (non-hydrogen) atoms. The molecule has 0 atom stereocenters. The molecule has 2 amide bonds. The van der Waals surface area contributed by atoms with Crippen molar-refractivity contribution in [3.05, 3.63) is 40.1 Å². The second-order valence-corrected chi connectivity index (χ2v) is 6.20. The van der Waals surface area contributed by atoms with Gasteiger partial charge >= 0.3 is 0 Å². The van der Waals surface area contributed by atoms with E-state index in [2.05, 4.69) is 15.5 Å². The molecule has 8 heteroatoms. The van der Waals surface area contributed by atoms with Crippen LogP contribution in [0.4, 0.5) is 10.1 Å². The number of piperidine rings is 1. The van der Waals surface area contributed by atoms with Gasteiger partial charge in [0.2, 0.25) is 10.0 Å². The molecule has 0 spiro atoms. The fourth-order valence-electron chi connectivity index (χ4n) is 2.35. The van der Waals surface area contributed by atoms with Gasteiger partial charge < -0.3 is 10.2 Å². The van der Waals surface area contributed by atoms with Crippen LogP contribution in [0, 0.1) is 5.82 Å². The van der Waals surface area contributed by atoms with Gasteiger partial charge in [-0.2, -0.15) is 0 Å². The highest BCUT2D eigenvalue weighted by molar-refractivity contribution is 7.15. The van der Waals surface area contributed by atoms with E-state index in [0.29, 0.717) is 5.69 Å². The first-order valence-electron chi connectivity index (χ1n) is 7.33. The molecule has 2 heterocycles. The molecule has 1 aromatic carbocycles. The number of nitrogens with zero attached hydrogens (tertiary/aromatic N) is 3. The Hall–Kier alpha value is -2.35. The fraction of sp³-hybridized carbons (Fsp3) is 0.333. The molecule has 1 saturated heterocycles. The largest absolute Gasteiger partial charge is 0.337 e. The number of halogens is 1. The van der Waals surface area contributed by atoms with Crippen molar-refractivity contribution in [1.82, 2.24) is 15.1 Å². The van der Waals surface area contributed by atoms with Gasteiger partial charge in [0.1, 0.15) is 5.82 Å². The normalized spacial score (nSPS) is 14.6. The van der Waals surface area contributed by atoms with Crippen LogP contribution in [0.15, 0.2) is 24.3 Å². The average molecular weight is 334 g/mol. The summed E-state index contributed by atoms with van der Waals surface area (Å²) < 4.78 is 12.8. The number of amides is 2. The first-order valence-corrected chi connectivity index (χ1v) is 8.15. The number of hydrogen-bond donors (Lipinski definition) is 1. The maximum atomic E-state index is 12.8. The van der Waals surface area contributed by atoms with E-state index in [9.17, 15) is 14.0 Å². The highest BCUT2D eigenvalue weighted by Gasteiger charge is 2.23. The predicted octanol–water partition coefficient (Wildman–Crippen LogP) is 2.56. The Labute approximate surface area is 136 Å². The van der Waals surface area contributed by atoms with Crippen LogP contribution in [-0.4, -0.2) is 40.0 Å². The topological polar surface area (TPSA) is 75.2 Å². The van der Waals surface area contributed by atoms with Gasteiger partial charge in [0.15, 0.2) is 0 Å².